The Morgan fingerprint density at radius 3 is 2.19 bits per heavy atom. The first-order chi connectivity index (χ1) is 24.6. The number of aliphatic carboxylic acids is 1. The zero-order chi connectivity index (χ0) is 39.1. The molecule has 292 valence electrons. The van der Waals surface area contributed by atoms with Gasteiger partial charge in [-0.2, -0.15) is 0 Å². The van der Waals surface area contributed by atoms with E-state index in [9.17, 15) is 29.4 Å². The minimum atomic E-state index is -1.18. The summed E-state index contributed by atoms with van der Waals surface area (Å²) in [6.45, 7) is 19.6. The lowest BCUT2D eigenvalue weighted by molar-refractivity contribution is -0.235. The van der Waals surface area contributed by atoms with Crippen LogP contribution in [0.5, 0.6) is 0 Å². The molecule has 0 radical (unpaired) electrons. The van der Waals surface area contributed by atoms with E-state index in [-0.39, 0.29) is 64.3 Å². The number of fused-ring (bicyclic) bond motifs is 7. The van der Waals surface area contributed by atoms with E-state index in [4.69, 9.17) is 4.74 Å². The van der Waals surface area contributed by atoms with Crippen molar-refractivity contribution in [2.45, 2.75) is 139 Å². The number of aliphatic hydroxyl groups excluding tert-OH is 1. The average Bonchev–Trinajstić information content (AvgIpc) is 3.39. The zero-order valence-electron chi connectivity index (χ0n) is 34.0. The standard InChI is InChI=1S/C45H65NO7/c1-27(2)36-30(47)24-45(33(48)26-46(10)38(50)28-14-12-11-13-15-28)23-22-43(8)29(37(36)45)16-17-32-42(7)20-19-34(53-35(49)25-40(3,4)39(51)52)41(5,6)31(42)18-21-44(32,43)9/h11-15,27,29,31-34,48H,16-26H2,1-10H3,(H,51,52)/t29-,31+,32-,33?,34+,42+,43-,44-,45?/m1/s1. The zero-order valence-corrected chi connectivity index (χ0v) is 34.0. The number of ether oxygens (including phenoxy) is 1. The molecule has 2 unspecified atom stereocenters. The number of allylic oxidation sites excluding steroid dienone is 1. The van der Waals surface area contributed by atoms with Crippen molar-refractivity contribution in [1.29, 1.82) is 0 Å². The number of hydrogen-bond donors (Lipinski definition) is 2. The summed E-state index contributed by atoms with van der Waals surface area (Å²) in [6.07, 6.45) is 6.48. The minimum absolute atomic E-state index is 0.00414. The first kappa shape index (κ1) is 39.7. The van der Waals surface area contributed by atoms with Gasteiger partial charge in [-0.1, -0.05) is 72.2 Å². The van der Waals surface area contributed by atoms with Crippen LogP contribution in [0.1, 0.15) is 137 Å². The minimum Gasteiger partial charge on any atom is -0.481 e. The molecule has 0 bridgehead atoms. The first-order valence-corrected chi connectivity index (χ1v) is 20.3. The molecule has 0 aromatic heterocycles. The predicted molar refractivity (Wildman–Crippen MR) is 205 cm³/mol. The van der Waals surface area contributed by atoms with Gasteiger partial charge in [-0.3, -0.25) is 19.2 Å². The quantitative estimate of drug-likeness (QED) is 0.244. The molecular weight excluding hydrogens is 666 g/mol. The summed E-state index contributed by atoms with van der Waals surface area (Å²) < 4.78 is 6.16. The summed E-state index contributed by atoms with van der Waals surface area (Å²) in [5.74, 6) is -0.382. The average molecular weight is 732 g/mol. The molecule has 0 saturated heterocycles. The molecule has 8 heteroatoms. The van der Waals surface area contributed by atoms with Crippen molar-refractivity contribution in [2.24, 2.45) is 56.2 Å². The van der Waals surface area contributed by atoms with Gasteiger partial charge in [-0.25, -0.2) is 0 Å². The van der Waals surface area contributed by atoms with Gasteiger partial charge < -0.3 is 19.8 Å². The van der Waals surface area contributed by atoms with Gasteiger partial charge in [0.25, 0.3) is 5.91 Å². The number of esters is 1. The van der Waals surface area contributed by atoms with Gasteiger partial charge in [0, 0.05) is 36.4 Å². The van der Waals surface area contributed by atoms with Crippen LogP contribution in [0.2, 0.25) is 0 Å². The van der Waals surface area contributed by atoms with E-state index < -0.39 is 28.9 Å². The first-order valence-electron chi connectivity index (χ1n) is 20.3. The third-order valence-corrected chi connectivity index (χ3v) is 16.3. The van der Waals surface area contributed by atoms with Gasteiger partial charge in [0.1, 0.15) is 6.10 Å². The number of nitrogens with zero attached hydrogens (tertiary/aromatic N) is 1. The van der Waals surface area contributed by atoms with Crippen molar-refractivity contribution in [3.63, 3.8) is 0 Å². The van der Waals surface area contributed by atoms with Crippen LogP contribution in [0.15, 0.2) is 41.5 Å². The van der Waals surface area contributed by atoms with E-state index >= 15 is 0 Å². The van der Waals surface area contributed by atoms with Crippen LogP contribution in [-0.2, 0) is 19.1 Å². The molecule has 5 aliphatic rings. The smallest absolute Gasteiger partial charge is 0.309 e. The number of carboxylic acid groups (broad SMARTS) is 1. The third-order valence-electron chi connectivity index (χ3n) is 16.3. The van der Waals surface area contributed by atoms with Crippen molar-refractivity contribution >= 4 is 23.6 Å². The van der Waals surface area contributed by atoms with E-state index in [0.29, 0.717) is 23.8 Å². The lowest BCUT2D eigenvalue weighted by atomic mass is 9.33. The Balaban J connectivity index is 1.28. The Bertz CT molecular complexity index is 1680. The van der Waals surface area contributed by atoms with E-state index in [2.05, 4.69) is 48.5 Å². The molecule has 8 nitrogen and oxygen atoms in total. The van der Waals surface area contributed by atoms with Crippen LogP contribution in [0, 0.1) is 56.2 Å². The summed E-state index contributed by atoms with van der Waals surface area (Å²) in [4.78, 5) is 54.0. The number of carboxylic acids is 1. The number of carbonyl (C=O) groups excluding carboxylic acids is 3. The topological polar surface area (TPSA) is 121 Å². The Morgan fingerprint density at radius 1 is 0.906 bits per heavy atom. The summed E-state index contributed by atoms with van der Waals surface area (Å²) in [6, 6.07) is 9.18. The molecule has 4 fully saturated rings. The largest absolute Gasteiger partial charge is 0.481 e. The van der Waals surface area contributed by atoms with Gasteiger partial charge in [0.05, 0.1) is 17.9 Å². The van der Waals surface area contributed by atoms with Crippen molar-refractivity contribution in [3.8, 4) is 0 Å². The Kier molecular flexibility index (Phi) is 9.99. The fourth-order valence-electron chi connectivity index (χ4n) is 13.2. The predicted octanol–water partition coefficient (Wildman–Crippen LogP) is 8.51. The molecule has 1 aromatic carbocycles. The molecule has 0 aliphatic heterocycles. The molecule has 53 heavy (non-hydrogen) atoms. The maximum Gasteiger partial charge on any atom is 0.309 e. The van der Waals surface area contributed by atoms with Crippen LogP contribution in [0.25, 0.3) is 0 Å². The van der Waals surface area contributed by atoms with Gasteiger partial charge in [0.15, 0.2) is 5.78 Å². The van der Waals surface area contributed by atoms with Gasteiger partial charge in [0.2, 0.25) is 0 Å². The van der Waals surface area contributed by atoms with Crippen molar-refractivity contribution in [2.75, 3.05) is 13.6 Å². The molecule has 1 amide bonds. The summed E-state index contributed by atoms with van der Waals surface area (Å²) in [5.41, 5.74) is 0.556. The fourth-order valence-corrected chi connectivity index (χ4v) is 13.2. The van der Waals surface area contributed by atoms with Crippen LogP contribution < -0.4 is 0 Å². The normalized spacial score (nSPS) is 36.9. The number of carbonyl (C=O) groups is 4. The van der Waals surface area contributed by atoms with Crippen LogP contribution >= 0.6 is 0 Å². The maximum absolute atomic E-state index is 14.1. The SMILES string of the molecule is CC(C)C1=C2[C@H]3CC[C@@H]4[C@@]5(C)CC[C@H](OC(=O)CC(C)(C)C(=O)O)C(C)(C)[C@@H]5CC[C@@]4(C)[C@]3(C)CCC2(C(O)CN(C)C(=O)c2ccccc2)CC1=O. The van der Waals surface area contributed by atoms with Gasteiger partial charge in [-0.05, 0) is 123 Å². The number of ketones is 1. The number of hydrogen-bond acceptors (Lipinski definition) is 6. The van der Waals surface area contributed by atoms with Crippen LogP contribution in [-0.4, -0.2) is 64.5 Å². The van der Waals surface area contributed by atoms with Crippen molar-refractivity contribution < 1.29 is 34.1 Å². The number of rotatable bonds is 9. The van der Waals surface area contributed by atoms with Crippen LogP contribution in [0.4, 0.5) is 0 Å². The highest BCUT2D eigenvalue weighted by atomic mass is 16.5. The molecule has 5 aliphatic carbocycles. The van der Waals surface area contributed by atoms with Gasteiger partial charge in [-0.15, -0.1) is 0 Å². The number of aliphatic hydroxyl groups is 1. The van der Waals surface area contributed by atoms with E-state index in [0.717, 1.165) is 56.9 Å². The second-order valence-electron chi connectivity index (χ2n) is 20.1. The van der Waals surface area contributed by atoms with Crippen molar-refractivity contribution in [1.82, 2.24) is 4.90 Å². The maximum atomic E-state index is 14.1. The second-order valence-corrected chi connectivity index (χ2v) is 20.1. The molecule has 0 heterocycles. The Morgan fingerprint density at radius 2 is 1.57 bits per heavy atom. The number of benzene rings is 1. The van der Waals surface area contributed by atoms with E-state index in [1.54, 1.807) is 37.9 Å². The molecule has 2 N–H and O–H groups in total. The lowest BCUT2D eigenvalue weighted by Crippen LogP contribution is -2.66. The molecular formula is C45H65NO7. The third kappa shape index (κ3) is 6.03. The molecule has 4 saturated carbocycles. The summed E-state index contributed by atoms with van der Waals surface area (Å²) >= 11 is 0. The molecule has 0 spiro atoms. The molecule has 9 atom stereocenters. The monoisotopic (exact) mass is 731 g/mol. The second kappa shape index (κ2) is 13.3. The van der Waals surface area contributed by atoms with E-state index in [1.807, 2.05) is 18.2 Å². The highest BCUT2D eigenvalue weighted by molar-refractivity contribution is 6.01. The summed E-state index contributed by atoms with van der Waals surface area (Å²) in [7, 11) is 1.75. The molecule has 1 aromatic rings. The fraction of sp³-hybridized carbons (Fsp3) is 0.733. The highest BCUT2D eigenvalue weighted by Gasteiger charge is 2.71. The van der Waals surface area contributed by atoms with Crippen LogP contribution in [0.3, 0.4) is 0 Å². The van der Waals surface area contributed by atoms with Crippen molar-refractivity contribution in [3.05, 3.63) is 47.0 Å². The molecule has 6 rings (SSSR count). The van der Waals surface area contributed by atoms with E-state index in [1.165, 1.54) is 5.57 Å². The van der Waals surface area contributed by atoms with Gasteiger partial charge >= 0.3 is 11.9 Å². The summed E-state index contributed by atoms with van der Waals surface area (Å²) in [5, 5.41) is 21.9. The number of likely N-dealkylation sites (N-methyl/N-ethyl adjacent to an activating group) is 1. The number of amides is 1. The Labute approximate surface area is 317 Å². The Hall–Kier alpha value is -3.00. The number of Topliss-reactive ketones (excluding diaryl/α,β-unsaturated/α-hetero) is 1. The highest BCUT2D eigenvalue weighted by Crippen LogP contribution is 2.77. The lowest BCUT2D eigenvalue weighted by Gasteiger charge is -2.72.